The molecule has 3 rings (SSSR count). The first-order chi connectivity index (χ1) is 11.6. The number of nitrogens with zero attached hydrogens (tertiary/aromatic N) is 3. The molecule has 7 heteroatoms. The van der Waals surface area contributed by atoms with E-state index in [4.69, 9.17) is 0 Å². The molecule has 1 aromatic rings. The van der Waals surface area contributed by atoms with Crippen molar-refractivity contribution in [3.63, 3.8) is 0 Å². The summed E-state index contributed by atoms with van der Waals surface area (Å²) in [6.07, 6.45) is 6.81. The zero-order chi connectivity index (χ0) is 16.9. The molecular formula is C18H32ClN5O. The number of amides is 1. The molecule has 2 aliphatic rings. The van der Waals surface area contributed by atoms with Crippen molar-refractivity contribution in [1.29, 1.82) is 0 Å². The van der Waals surface area contributed by atoms with Gasteiger partial charge in [-0.2, -0.15) is 5.10 Å². The number of aromatic nitrogens is 2. The lowest BCUT2D eigenvalue weighted by atomic mass is 9.99. The third kappa shape index (κ3) is 5.43. The SMILES string of the molecule is CC1CCCN(C(C)CNC(=O)c2ccn(C3CCCNC3)n2)C1.Cl. The highest BCUT2D eigenvalue weighted by Crippen LogP contribution is 2.18. The first kappa shape index (κ1) is 20.2. The van der Waals surface area contributed by atoms with Gasteiger partial charge in [0.05, 0.1) is 6.04 Å². The average molecular weight is 370 g/mol. The van der Waals surface area contributed by atoms with Gasteiger partial charge in [-0.25, -0.2) is 0 Å². The van der Waals surface area contributed by atoms with Gasteiger partial charge in [-0.05, 0) is 57.7 Å². The zero-order valence-corrected chi connectivity index (χ0v) is 16.2. The van der Waals surface area contributed by atoms with Crippen molar-refractivity contribution < 1.29 is 4.79 Å². The average Bonchev–Trinajstić information content (AvgIpc) is 3.10. The molecule has 3 unspecified atom stereocenters. The fraction of sp³-hybridized carbons (Fsp3) is 0.778. The van der Waals surface area contributed by atoms with Gasteiger partial charge in [0.25, 0.3) is 5.91 Å². The van der Waals surface area contributed by atoms with Gasteiger partial charge in [-0.3, -0.25) is 14.4 Å². The Balaban J connectivity index is 0.00000225. The first-order valence-corrected chi connectivity index (χ1v) is 9.41. The smallest absolute Gasteiger partial charge is 0.271 e. The minimum absolute atomic E-state index is 0. The number of hydrogen-bond acceptors (Lipinski definition) is 4. The lowest BCUT2D eigenvalue weighted by Gasteiger charge is -2.35. The fourth-order valence-corrected chi connectivity index (χ4v) is 3.81. The Morgan fingerprint density at radius 3 is 3.00 bits per heavy atom. The first-order valence-electron chi connectivity index (χ1n) is 9.41. The van der Waals surface area contributed by atoms with Crippen LogP contribution in [0.15, 0.2) is 12.3 Å². The van der Waals surface area contributed by atoms with Crippen LogP contribution in [0.25, 0.3) is 0 Å². The molecule has 0 bridgehead atoms. The van der Waals surface area contributed by atoms with Gasteiger partial charge < -0.3 is 10.6 Å². The third-order valence-corrected chi connectivity index (χ3v) is 5.36. The maximum Gasteiger partial charge on any atom is 0.271 e. The maximum atomic E-state index is 12.4. The normalized spacial score (nSPS) is 25.8. The largest absolute Gasteiger partial charge is 0.349 e. The van der Waals surface area contributed by atoms with E-state index in [1.807, 2.05) is 16.9 Å². The van der Waals surface area contributed by atoms with E-state index in [2.05, 4.69) is 34.5 Å². The Kier molecular flexibility index (Phi) is 7.72. The van der Waals surface area contributed by atoms with Crippen molar-refractivity contribution in [3.05, 3.63) is 18.0 Å². The summed E-state index contributed by atoms with van der Waals surface area (Å²) in [4.78, 5) is 14.9. The molecule has 0 spiro atoms. The van der Waals surface area contributed by atoms with Crippen LogP contribution in [0.4, 0.5) is 0 Å². The molecule has 0 radical (unpaired) electrons. The topological polar surface area (TPSA) is 62.2 Å². The highest BCUT2D eigenvalue weighted by Gasteiger charge is 2.22. The Morgan fingerprint density at radius 2 is 2.28 bits per heavy atom. The van der Waals surface area contributed by atoms with E-state index in [-0.39, 0.29) is 18.3 Å². The van der Waals surface area contributed by atoms with Crippen LogP contribution in [-0.2, 0) is 0 Å². The lowest BCUT2D eigenvalue weighted by molar-refractivity contribution is 0.0911. The molecule has 2 aliphatic heterocycles. The summed E-state index contributed by atoms with van der Waals surface area (Å²) < 4.78 is 1.94. The van der Waals surface area contributed by atoms with E-state index in [1.165, 1.54) is 12.8 Å². The summed E-state index contributed by atoms with van der Waals surface area (Å²) in [6, 6.07) is 2.58. The molecule has 0 aromatic carbocycles. The molecule has 1 aromatic heterocycles. The standard InChI is InChI=1S/C18H31N5O.ClH/c1-14-5-4-9-22(13-14)15(2)11-20-18(24)17-7-10-23(21-17)16-6-3-8-19-12-16;/h7,10,14-16,19H,3-6,8-9,11-13H2,1-2H3,(H,20,24);1H. The number of rotatable bonds is 5. The van der Waals surface area contributed by atoms with E-state index in [0.717, 1.165) is 44.9 Å². The molecule has 1 amide bonds. The second-order valence-corrected chi connectivity index (χ2v) is 7.48. The number of likely N-dealkylation sites (tertiary alicyclic amines) is 1. The fourth-order valence-electron chi connectivity index (χ4n) is 3.81. The molecule has 0 saturated carbocycles. The van der Waals surface area contributed by atoms with E-state index in [0.29, 0.717) is 24.3 Å². The van der Waals surface area contributed by atoms with Crippen molar-refractivity contribution in [3.8, 4) is 0 Å². The molecule has 2 saturated heterocycles. The number of nitrogens with one attached hydrogen (secondary N) is 2. The molecule has 142 valence electrons. The van der Waals surface area contributed by atoms with Crippen molar-refractivity contribution in [2.75, 3.05) is 32.7 Å². The third-order valence-electron chi connectivity index (χ3n) is 5.36. The molecule has 6 nitrogen and oxygen atoms in total. The van der Waals surface area contributed by atoms with E-state index < -0.39 is 0 Å². The number of hydrogen-bond donors (Lipinski definition) is 2. The van der Waals surface area contributed by atoms with Gasteiger partial charge in [-0.15, -0.1) is 12.4 Å². The van der Waals surface area contributed by atoms with Crippen molar-refractivity contribution in [2.45, 2.75) is 51.6 Å². The van der Waals surface area contributed by atoms with Crippen LogP contribution < -0.4 is 10.6 Å². The predicted molar refractivity (Wildman–Crippen MR) is 102 cm³/mol. The molecule has 3 heterocycles. The number of carbonyl (C=O) groups excluding carboxylic acids is 1. The number of halogens is 1. The summed E-state index contributed by atoms with van der Waals surface area (Å²) in [7, 11) is 0. The summed E-state index contributed by atoms with van der Waals surface area (Å²) in [5, 5.41) is 10.9. The van der Waals surface area contributed by atoms with E-state index >= 15 is 0 Å². The summed E-state index contributed by atoms with van der Waals surface area (Å²) in [5.41, 5.74) is 0.528. The Morgan fingerprint density at radius 1 is 1.44 bits per heavy atom. The Hall–Kier alpha value is -1.11. The van der Waals surface area contributed by atoms with Crippen LogP contribution >= 0.6 is 12.4 Å². The molecular weight excluding hydrogens is 338 g/mol. The monoisotopic (exact) mass is 369 g/mol. The van der Waals surface area contributed by atoms with Crippen LogP contribution in [0.5, 0.6) is 0 Å². The maximum absolute atomic E-state index is 12.4. The lowest BCUT2D eigenvalue weighted by Crippen LogP contribution is -2.46. The van der Waals surface area contributed by atoms with Gasteiger partial charge in [-0.1, -0.05) is 6.92 Å². The van der Waals surface area contributed by atoms with Crippen molar-refractivity contribution >= 4 is 18.3 Å². The van der Waals surface area contributed by atoms with Crippen molar-refractivity contribution in [1.82, 2.24) is 25.3 Å². The minimum Gasteiger partial charge on any atom is -0.349 e. The van der Waals surface area contributed by atoms with E-state index in [1.54, 1.807) is 0 Å². The Bertz CT molecular complexity index is 543. The van der Waals surface area contributed by atoms with Gasteiger partial charge in [0.2, 0.25) is 0 Å². The quantitative estimate of drug-likeness (QED) is 0.834. The number of carbonyl (C=O) groups is 1. The van der Waals surface area contributed by atoms with Gasteiger partial charge in [0.15, 0.2) is 0 Å². The molecule has 0 aliphatic carbocycles. The summed E-state index contributed by atoms with van der Waals surface area (Å²) >= 11 is 0. The van der Waals surface area contributed by atoms with Crippen LogP contribution in [0.3, 0.4) is 0 Å². The second-order valence-electron chi connectivity index (χ2n) is 7.48. The van der Waals surface area contributed by atoms with E-state index in [9.17, 15) is 4.79 Å². The zero-order valence-electron chi connectivity index (χ0n) is 15.4. The van der Waals surface area contributed by atoms with Crippen LogP contribution in [0.2, 0.25) is 0 Å². The number of piperidine rings is 2. The minimum atomic E-state index is -0.0607. The Labute approximate surface area is 157 Å². The molecule has 3 atom stereocenters. The van der Waals surface area contributed by atoms with Gasteiger partial charge in [0.1, 0.15) is 5.69 Å². The predicted octanol–water partition coefficient (Wildman–Crippen LogP) is 2.08. The van der Waals surface area contributed by atoms with Crippen LogP contribution in [0.1, 0.15) is 56.1 Å². The summed E-state index contributed by atoms with van der Waals surface area (Å²) in [6.45, 7) is 9.49. The highest BCUT2D eigenvalue weighted by molar-refractivity contribution is 5.92. The molecule has 25 heavy (non-hydrogen) atoms. The van der Waals surface area contributed by atoms with Crippen LogP contribution in [0, 0.1) is 5.92 Å². The second kappa shape index (κ2) is 9.55. The highest BCUT2D eigenvalue weighted by atomic mass is 35.5. The molecule has 2 N–H and O–H groups in total. The van der Waals surface area contributed by atoms with Gasteiger partial charge >= 0.3 is 0 Å². The van der Waals surface area contributed by atoms with Crippen LogP contribution in [-0.4, -0.2) is 59.4 Å². The van der Waals surface area contributed by atoms with Gasteiger partial charge in [0, 0.05) is 31.9 Å². The molecule has 2 fully saturated rings. The van der Waals surface area contributed by atoms with Crippen molar-refractivity contribution in [2.24, 2.45) is 5.92 Å². The summed E-state index contributed by atoms with van der Waals surface area (Å²) in [5.74, 6) is 0.700.